The van der Waals surface area contributed by atoms with Crippen LogP contribution in [0.4, 0.5) is 4.79 Å². The molecule has 37 heavy (non-hydrogen) atoms. The molecule has 0 unspecified atom stereocenters. The van der Waals surface area contributed by atoms with Crippen molar-refractivity contribution in [1.29, 1.82) is 0 Å². The summed E-state index contributed by atoms with van der Waals surface area (Å²) in [6.07, 6.45) is 1.68. The Morgan fingerprint density at radius 2 is 1.84 bits per heavy atom. The first kappa shape index (κ1) is 27.1. The fraction of sp³-hybridized carbons (Fsp3) is 0.214. The van der Waals surface area contributed by atoms with Crippen molar-refractivity contribution in [3.8, 4) is 17.2 Å². The van der Waals surface area contributed by atoms with Gasteiger partial charge in [0.05, 0.1) is 22.5 Å². The van der Waals surface area contributed by atoms with Gasteiger partial charge in [0.15, 0.2) is 11.5 Å². The third-order valence-corrected chi connectivity index (χ3v) is 7.27. The predicted molar refractivity (Wildman–Crippen MR) is 150 cm³/mol. The van der Waals surface area contributed by atoms with E-state index in [0.717, 1.165) is 22.9 Å². The maximum Gasteiger partial charge on any atom is 0.293 e. The van der Waals surface area contributed by atoms with E-state index in [4.69, 9.17) is 25.8 Å². The van der Waals surface area contributed by atoms with Gasteiger partial charge in [-0.2, -0.15) is 0 Å². The number of thioether (sulfide) groups is 1. The Morgan fingerprint density at radius 1 is 1.03 bits per heavy atom. The molecule has 0 saturated carbocycles. The smallest absolute Gasteiger partial charge is 0.293 e. The zero-order valence-corrected chi connectivity index (χ0v) is 23.5. The molecule has 0 aliphatic carbocycles. The third-order valence-electron chi connectivity index (χ3n) is 5.41. The Morgan fingerprint density at radius 3 is 2.59 bits per heavy atom. The van der Waals surface area contributed by atoms with Gasteiger partial charge in [0.25, 0.3) is 11.1 Å². The van der Waals surface area contributed by atoms with Crippen molar-refractivity contribution < 1.29 is 23.8 Å². The number of benzene rings is 3. The van der Waals surface area contributed by atoms with Crippen LogP contribution in [0.25, 0.3) is 6.08 Å². The van der Waals surface area contributed by atoms with E-state index in [0.29, 0.717) is 43.8 Å². The fourth-order valence-electron chi connectivity index (χ4n) is 3.64. The van der Waals surface area contributed by atoms with E-state index in [1.165, 1.54) is 4.90 Å². The lowest BCUT2D eigenvalue weighted by atomic mass is 10.1. The Hall–Kier alpha value is -2.94. The maximum atomic E-state index is 13.0. The van der Waals surface area contributed by atoms with Gasteiger partial charge in [0.1, 0.15) is 19.0 Å². The van der Waals surface area contributed by atoms with Crippen LogP contribution in [0.1, 0.15) is 23.6 Å². The monoisotopic (exact) mass is 601 g/mol. The molecule has 9 heteroatoms. The third kappa shape index (κ3) is 6.89. The summed E-state index contributed by atoms with van der Waals surface area (Å²) in [5.74, 6) is 1.39. The van der Waals surface area contributed by atoms with Crippen LogP contribution >= 0.6 is 39.3 Å². The molecule has 0 atom stereocenters. The number of imide groups is 1. The number of carbonyl (C=O) groups excluding carboxylic acids is 2. The highest BCUT2D eigenvalue weighted by atomic mass is 79.9. The van der Waals surface area contributed by atoms with Crippen molar-refractivity contribution in [3.05, 3.63) is 91.8 Å². The van der Waals surface area contributed by atoms with Gasteiger partial charge in [0.2, 0.25) is 0 Å². The van der Waals surface area contributed by atoms with Gasteiger partial charge in [-0.3, -0.25) is 14.5 Å². The van der Waals surface area contributed by atoms with Gasteiger partial charge >= 0.3 is 0 Å². The predicted octanol–water partition coefficient (Wildman–Crippen LogP) is 7.50. The summed E-state index contributed by atoms with van der Waals surface area (Å²) in [7, 11) is 0. The number of ether oxygens (including phenoxy) is 3. The summed E-state index contributed by atoms with van der Waals surface area (Å²) >= 11 is 10.7. The van der Waals surface area contributed by atoms with Crippen LogP contribution in [0.2, 0.25) is 5.02 Å². The average molecular weight is 603 g/mol. The minimum absolute atomic E-state index is 0.165. The summed E-state index contributed by atoms with van der Waals surface area (Å²) in [4.78, 5) is 27.0. The van der Waals surface area contributed by atoms with E-state index in [-0.39, 0.29) is 30.9 Å². The van der Waals surface area contributed by atoms with Crippen molar-refractivity contribution in [1.82, 2.24) is 4.90 Å². The number of hydrogen-bond acceptors (Lipinski definition) is 6. The Bertz CT molecular complexity index is 1350. The van der Waals surface area contributed by atoms with Crippen LogP contribution in [0.15, 0.2) is 70.0 Å². The maximum absolute atomic E-state index is 13.0. The Kier molecular flexibility index (Phi) is 9.18. The zero-order valence-electron chi connectivity index (χ0n) is 20.3. The van der Waals surface area contributed by atoms with E-state index in [1.807, 2.05) is 68.4 Å². The highest BCUT2D eigenvalue weighted by molar-refractivity contribution is 9.10. The van der Waals surface area contributed by atoms with Crippen molar-refractivity contribution in [3.63, 3.8) is 0 Å². The fourth-order valence-corrected chi connectivity index (χ4v) is 5.27. The van der Waals surface area contributed by atoms with Crippen molar-refractivity contribution in [2.45, 2.75) is 20.5 Å². The molecule has 1 heterocycles. The first-order chi connectivity index (χ1) is 17.9. The topological polar surface area (TPSA) is 65.1 Å². The first-order valence-electron chi connectivity index (χ1n) is 11.6. The molecule has 4 rings (SSSR count). The standard InChI is InChI=1S/C28H25BrClNO5S/c1-3-34-24-15-19(14-22(29)26(24)36-17-20-8-4-5-10-23(20)30)16-25-27(32)31(28(33)37-25)11-12-35-21-9-6-7-18(2)13-21/h4-10,13-16H,3,11-12,17H2,1-2H3/b25-16-. The Balaban J connectivity index is 1.47. The molecule has 3 aromatic rings. The molecule has 6 nitrogen and oxygen atoms in total. The van der Waals surface area contributed by atoms with Crippen molar-refractivity contribution in [2.24, 2.45) is 0 Å². The van der Waals surface area contributed by atoms with Gasteiger partial charge in [-0.1, -0.05) is 41.9 Å². The molecule has 1 aliphatic rings. The molecule has 1 aliphatic heterocycles. The number of amides is 2. The van der Waals surface area contributed by atoms with Gasteiger partial charge in [-0.15, -0.1) is 0 Å². The molecular weight excluding hydrogens is 578 g/mol. The minimum Gasteiger partial charge on any atom is -0.492 e. The minimum atomic E-state index is -0.351. The van der Waals surface area contributed by atoms with Crippen molar-refractivity contribution >= 4 is 56.5 Å². The summed E-state index contributed by atoms with van der Waals surface area (Å²) < 4.78 is 18.2. The normalized spacial score (nSPS) is 14.4. The van der Waals surface area contributed by atoms with Crippen LogP contribution in [-0.2, 0) is 11.4 Å². The summed E-state index contributed by atoms with van der Waals surface area (Å²) in [5, 5.41) is 0.293. The van der Waals surface area contributed by atoms with Crippen LogP contribution < -0.4 is 14.2 Å². The lowest BCUT2D eigenvalue weighted by Crippen LogP contribution is -2.32. The molecule has 1 saturated heterocycles. The van der Waals surface area contributed by atoms with E-state index in [2.05, 4.69) is 15.9 Å². The van der Waals surface area contributed by atoms with E-state index < -0.39 is 0 Å². The lowest BCUT2D eigenvalue weighted by molar-refractivity contribution is -0.123. The number of halogens is 2. The molecule has 1 fully saturated rings. The average Bonchev–Trinajstić information content (AvgIpc) is 3.12. The molecule has 192 valence electrons. The largest absolute Gasteiger partial charge is 0.492 e. The second kappa shape index (κ2) is 12.5. The van der Waals surface area contributed by atoms with Crippen molar-refractivity contribution in [2.75, 3.05) is 19.8 Å². The van der Waals surface area contributed by atoms with E-state index in [9.17, 15) is 9.59 Å². The number of aryl methyl sites for hydroxylation is 1. The van der Waals surface area contributed by atoms with Gasteiger partial charge in [-0.05, 0) is 89.1 Å². The molecule has 0 bridgehead atoms. The van der Waals surface area contributed by atoms with Gasteiger partial charge < -0.3 is 14.2 Å². The highest BCUT2D eigenvalue weighted by Gasteiger charge is 2.35. The quantitative estimate of drug-likeness (QED) is 0.224. The first-order valence-corrected chi connectivity index (χ1v) is 13.6. The number of carbonyl (C=O) groups is 2. The molecule has 0 aromatic heterocycles. The molecule has 3 aromatic carbocycles. The molecule has 0 spiro atoms. The lowest BCUT2D eigenvalue weighted by Gasteiger charge is -2.15. The molecule has 0 N–H and O–H groups in total. The molecular formula is C28H25BrClNO5S. The highest BCUT2D eigenvalue weighted by Crippen LogP contribution is 2.40. The summed E-state index contributed by atoms with van der Waals surface area (Å²) in [6, 6.07) is 18.7. The van der Waals surface area contributed by atoms with E-state index in [1.54, 1.807) is 12.1 Å². The molecule has 0 radical (unpaired) electrons. The Labute approximate surface area is 233 Å². The van der Waals surface area contributed by atoms with Crippen LogP contribution in [0.3, 0.4) is 0 Å². The SMILES string of the molecule is CCOc1cc(/C=C2\SC(=O)N(CCOc3cccc(C)c3)C2=O)cc(Br)c1OCc1ccccc1Cl. The number of rotatable bonds is 10. The second-order valence-corrected chi connectivity index (χ2v) is 10.4. The second-order valence-electron chi connectivity index (χ2n) is 8.14. The van der Waals surface area contributed by atoms with E-state index >= 15 is 0 Å². The number of nitrogens with zero attached hydrogens (tertiary/aromatic N) is 1. The molecule has 2 amide bonds. The summed E-state index contributed by atoms with van der Waals surface area (Å²) in [6.45, 7) is 4.92. The van der Waals surface area contributed by atoms with Gasteiger partial charge in [0, 0.05) is 10.6 Å². The summed E-state index contributed by atoms with van der Waals surface area (Å²) in [5.41, 5.74) is 2.62. The van der Waals surface area contributed by atoms with Crippen LogP contribution in [0, 0.1) is 6.92 Å². The number of hydrogen-bond donors (Lipinski definition) is 0. The van der Waals surface area contributed by atoms with Gasteiger partial charge in [-0.25, -0.2) is 0 Å². The zero-order chi connectivity index (χ0) is 26.4. The van der Waals surface area contributed by atoms with Crippen LogP contribution in [0.5, 0.6) is 17.2 Å². The van der Waals surface area contributed by atoms with Crippen LogP contribution in [-0.4, -0.2) is 35.8 Å².